The topological polar surface area (TPSA) is 237 Å². The number of aliphatic hydroxyl groups is 1. The van der Waals surface area contributed by atoms with E-state index >= 15 is 0 Å². The van der Waals surface area contributed by atoms with Crippen LogP contribution in [0.3, 0.4) is 0 Å². The molecule has 0 amide bonds. The highest BCUT2D eigenvalue weighted by molar-refractivity contribution is 7.47. The van der Waals surface area contributed by atoms with Gasteiger partial charge in [-0.3, -0.25) is 37.3 Å². The fourth-order valence-corrected chi connectivity index (χ4v) is 13.9. The van der Waals surface area contributed by atoms with E-state index < -0.39 is 97.5 Å². The molecule has 0 spiro atoms. The summed E-state index contributed by atoms with van der Waals surface area (Å²) < 4.78 is 68.3. The van der Waals surface area contributed by atoms with E-state index in [0.717, 1.165) is 108 Å². The monoisotopic (exact) mass is 1450 g/mol. The molecule has 0 saturated heterocycles. The summed E-state index contributed by atoms with van der Waals surface area (Å²) in [5, 5.41) is 10.6. The lowest BCUT2D eigenvalue weighted by atomic mass is 9.99. The number of phosphoric acid groups is 2. The van der Waals surface area contributed by atoms with Crippen molar-refractivity contribution in [3.63, 3.8) is 0 Å². The van der Waals surface area contributed by atoms with E-state index in [4.69, 9.17) is 37.0 Å². The molecule has 0 aliphatic carbocycles. The maximum absolute atomic E-state index is 13.1. The van der Waals surface area contributed by atoms with E-state index in [2.05, 4.69) is 41.5 Å². The van der Waals surface area contributed by atoms with Crippen LogP contribution in [0, 0.1) is 11.8 Å². The molecule has 99 heavy (non-hydrogen) atoms. The van der Waals surface area contributed by atoms with Crippen LogP contribution in [0.4, 0.5) is 0 Å². The zero-order valence-corrected chi connectivity index (χ0v) is 66.6. The van der Waals surface area contributed by atoms with E-state index in [-0.39, 0.29) is 25.7 Å². The molecule has 0 aromatic heterocycles. The molecule has 0 heterocycles. The van der Waals surface area contributed by atoms with Crippen LogP contribution in [-0.4, -0.2) is 96.7 Å². The Kier molecular flexibility index (Phi) is 70.3. The fourth-order valence-electron chi connectivity index (χ4n) is 12.3. The van der Waals surface area contributed by atoms with Crippen molar-refractivity contribution in [2.75, 3.05) is 39.6 Å². The molecule has 0 fully saturated rings. The highest BCUT2D eigenvalue weighted by atomic mass is 31.2. The molecule has 0 rings (SSSR count). The van der Waals surface area contributed by atoms with Crippen molar-refractivity contribution in [2.45, 2.75) is 439 Å². The Labute approximate surface area is 607 Å². The number of esters is 4. The Hall–Kier alpha value is -1.94. The van der Waals surface area contributed by atoms with Gasteiger partial charge in [0, 0.05) is 25.7 Å². The first-order chi connectivity index (χ1) is 47.9. The number of carbonyl (C=O) groups excluding carboxylic acids is 4. The normalized spacial score (nSPS) is 14.5. The number of unbranched alkanes of at least 4 members (excludes halogenated alkanes) is 47. The van der Waals surface area contributed by atoms with Crippen molar-refractivity contribution in [3.05, 3.63) is 0 Å². The van der Waals surface area contributed by atoms with Crippen molar-refractivity contribution in [1.82, 2.24) is 0 Å². The third-order valence-electron chi connectivity index (χ3n) is 19.4. The summed E-state index contributed by atoms with van der Waals surface area (Å²) in [6, 6.07) is 0. The zero-order chi connectivity index (χ0) is 72.8. The van der Waals surface area contributed by atoms with Gasteiger partial charge in [-0.25, -0.2) is 9.13 Å². The van der Waals surface area contributed by atoms with Gasteiger partial charge in [0.2, 0.25) is 0 Å². The number of carbonyl (C=O) groups is 4. The van der Waals surface area contributed by atoms with Crippen molar-refractivity contribution < 1.29 is 80.2 Å². The van der Waals surface area contributed by atoms with Gasteiger partial charge in [-0.1, -0.05) is 369 Å². The lowest BCUT2D eigenvalue weighted by molar-refractivity contribution is -0.161. The van der Waals surface area contributed by atoms with Crippen molar-refractivity contribution >= 4 is 39.5 Å². The summed E-state index contributed by atoms with van der Waals surface area (Å²) in [4.78, 5) is 72.6. The minimum atomic E-state index is -4.96. The maximum atomic E-state index is 13.1. The predicted octanol–water partition coefficient (Wildman–Crippen LogP) is 23.9. The van der Waals surface area contributed by atoms with Crippen LogP contribution in [0.2, 0.25) is 0 Å². The van der Waals surface area contributed by atoms with Crippen LogP contribution < -0.4 is 0 Å². The van der Waals surface area contributed by atoms with Gasteiger partial charge in [0.05, 0.1) is 26.4 Å². The minimum absolute atomic E-state index is 0.102. The van der Waals surface area contributed by atoms with E-state index in [1.165, 1.54) is 231 Å². The molecule has 0 radical (unpaired) electrons. The highest BCUT2D eigenvalue weighted by Gasteiger charge is 2.30. The smallest absolute Gasteiger partial charge is 0.462 e. The average Bonchev–Trinajstić information content (AvgIpc) is 1.06. The first-order valence-corrected chi connectivity index (χ1v) is 44.6. The molecule has 0 aromatic carbocycles. The molecule has 588 valence electrons. The van der Waals surface area contributed by atoms with Crippen molar-refractivity contribution in [1.29, 1.82) is 0 Å². The summed E-state index contributed by atoms with van der Waals surface area (Å²) in [6.07, 6.45) is 61.9. The number of rotatable bonds is 79. The molecule has 0 aliphatic heterocycles. The Morgan fingerprint density at radius 3 is 0.717 bits per heavy atom. The summed E-state index contributed by atoms with van der Waals surface area (Å²) in [7, 11) is -9.90. The summed E-state index contributed by atoms with van der Waals surface area (Å²) in [5.74, 6) is -0.537. The first kappa shape index (κ1) is 97.1. The Balaban J connectivity index is 5.08. The third-order valence-corrected chi connectivity index (χ3v) is 21.3. The van der Waals surface area contributed by atoms with Gasteiger partial charge >= 0.3 is 39.5 Å². The quantitative estimate of drug-likeness (QED) is 0.0222. The average molecular weight is 1450 g/mol. The second-order valence-corrected chi connectivity index (χ2v) is 32.2. The largest absolute Gasteiger partial charge is 0.472 e. The molecule has 0 saturated carbocycles. The molecule has 3 N–H and O–H groups in total. The third kappa shape index (κ3) is 71.5. The number of hydrogen-bond acceptors (Lipinski definition) is 15. The molecule has 17 nitrogen and oxygen atoms in total. The molecule has 0 aliphatic rings. The number of phosphoric ester groups is 2. The van der Waals surface area contributed by atoms with Gasteiger partial charge < -0.3 is 33.8 Å². The van der Waals surface area contributed by atoms with Crippen LogP contribution in [0.5, 0.6) is 0 Å². The summed E-state index contributed by atoms with van der Waals surface area (Å²) in [5.41, 5.74) is 0. The molecule has 0 aromatic rings. The van der Waals surface area contributed by atoms with Gasteiger partial charge in [0.1, 0.15) is 19.3 Å². The minimum Gasteiger partial charge on any atom is -0.462 e. The second kappa shape index (κ2) is 71.7. The molecular formula is C80H156O17P2. The van der Waals surface area contributed by atoms with E-state index in [9.17, 15) is 43.2 Å². The second-order valence-electron chi connectivity index (χ2n) is 29.3. The van der Waals surface area contributed by atoms with Crippen molar-refractivity contribution in [2.24, 2.45) is 11.8 Å². The lowest BCUT2D eigenvalue weighted by Gasteiger charge is -2.21. The van der Waals surface area contributed by atoms with Crippen molar-refractivity contribution in [3.8, 4) is 0 Å². The molecule has 4 unspecified atom stereocenters. The van der Waals surface area contributed by atoms with E-state index in [1.807, 2.05) is 0 Å². The van der Waals surface area contributed by atoms with Crippen LogP contribution in [0.15, 0.2) is 0 Å². The zero-order valence-electron chi connectivity index (χ0n) is 64.8. The maximum Gasteiger partial charge on any atom is 0.472 e. The Bertz CT molecular complexity index is 1910. The van der Waals surface area contributed by atoms with Crippen LogP contribution in [-0.2, 0) is 65.4 Å². The number of ether oxygens (including phenoxy) is 4. The van der Waals surface area contributed by atoms with Gasteiger partial charge in [-0.05, 0) is 37.5 Å². The first-order valence-electron chi connectivity index (χ1n) is 41.6. The van der Waals surface area contributed by atoms with Gasteiger partial charge in [0.15, 0.2) is 12.2 Å². The fraction of sp³-hybridized carbons (Fsp3) is 0.950. The summed E-state index contributed by atoms with van der Waals surface area (Å²) in [6.45, 7) is 9.53. The van der Waals surface area contributed by atoms with Gasteiger partial charge in [-0.2, -0.15) is 0 Å². The number of hydrogen-bond donors (Lipinski definition) is 3. The predicted molar refractivity (Wildman–Crippen MR) is 405 cm³/mol. The van der Waals surface area contributed by atoms with E-state index in [1.54, 1.807) is 0 Å². The van der Waals surface area contributed by atoms with Crippen LogP contribution >= 0.6 is 15.6 Å². The van der Waals surface area contributed by atoms with Crippen LogP contribution in [0.25, 0.3) is 0 Å². The lowest BCUT2D eigenvalue weighted by Crippen LogP contribution is -2.30. The molecule has 7 atom stereocenters. The highest BCUT2D eigenvalue weighted by Crippen LogP contribution is 2.45. The standard InChI is InChI=1S/C80H156O17P2/c1-7-11-13-15-16-17-18-19-20-21-22-23-24-25-29-32-35-38-41-44-51-57-63-78(83)91-69-76(96-79(84)64-58-52-45-42-39-36-33-30-27-26-28-31-34-37-40-43-49-54-60-72(5)9-3)71-95-99(88,89)93-67-74(81)66-92-98(86,87)94-70-75(68-90-77(82)62-56-48-14-12-8-2)97-80(85)65-59-53-47-46-50-55-61-73(6)10-4/h72-76,81H,7-71H2,1-6H3,(H,86,87)(H,88,89)/t72?,73?,74-,75+,76+/m0/s1. The van der Waals surface area contributed by atoms with Gasteiger partial charge in [0.25, 0.3) is 0 Å². The molecule has 19 heteroatoms. The Morgan fingerprint density at radius 1 is 0.283 bits per heavy atom. The molecule has 0 bridgehead atoms. The summed E-state index contributed by atoms with van der Waals surface area (Å²) >= 11 is 0. The van der Waals surface area contributed by atoms with E-state index in [0.29, 0.717) is 25.7 Å². The Morgan fingerprint density at radius 2 is 0.485 bits per heavy atom. The SMILES string of the molecule is CCCCCCCCCCCCCCCCCCCCCCCCC(=O)OC[C@H](COP(=O)(O)OC[C@@H](O)COP(=O)(O)OC[C@@H](COC(=O)CCCCCCC)OC(=O)CCCCCCCCC(C)CC)OC(=O)CCCCCCCCCCCCCCCCCCCCC(C)CC. The van der Waals surface area contributed by atoms with Crippen LogP contribution in [0.1, 0.15) is 420 Å². The molecular weight excluding hydrogens is 1290 g/mol. The van der Waals surface area contributed by atoms with Gasteiger partial charge in [-0.15, -0.1) is 0 Å². The number of aliphatic hydroxyl groups excluding tert-OH is 1.